The number of nitrogens with zero attached hydrogens (tertiary/aromatic N) is 1. The lowest BCUT2D eigenvalue weighted by Gasteiger charge is -2.34. The molecule has 5 heteroatoms. The van der Waals surface area contributed by atoms with Gasteiger partial charge in [-0.2, -0.15) is 0 Å². The van der Waals surface area contributed by atoms with Gasteiger partial charge in [-0.15, -0.1) is 0 Å². The number of benzene rings is 1. The van der Waals surface area contributed by atoms with Crippen molar-refractivity contribution in [2.75, 3.05) is 13.1 Å². The molecule has 4 nitrogen and oxygen atoms in total. The molecule has 0 unspecified atom stereocenters. The highest BCUT2D eigenvalue weighted by Crippen LogP contribution is 2.26. The number of hydrogen-bond donors (Lipinski definition) is 1. The minimum Gasteiger partial charge on any atom is -0.353 e. The largest absolute Gasteiger partial charge is 0.353 e. The lowest BCUT2D eigenvalue weighted by Crippen LogP contribution is -2.48. The number of hydrogen-bond acceptors (Lipinski definition) is 2. The topological polar surface area (TPSA) is 49.4 Å². The predicted molar refractivity (Wildman–Crippen MR) is 85.2 cm³/mol. The molecule has 2 fully saturated rings. The number of carbonyl (C=O) groups excluding carboxylic acids is 2. The summed E-state index contributed by atoms with van der Waals surface area (Å²) in [5.41, 5.74) is 0.443. The Morgan fingerprint density at radius 2 is 1.83 bits per heavy atom. The molecule has 2 aliphatic rings. The minimum atomic E-state index is -0.330. The van der Waals surface area contributed by atoms with E-state index in [1.54, 1.807) is 23.1 Å². The normalized spacial score (nSPS) is 19.3. The zero-order chi connectivity index (χ0) is 16.2. The zero-order valence-corrected chi connectivity index (χ0v) is 13.3. The van der Waals surface area contributed by atoms with Crippen LogP contribution in [0.4, 0.5) is 4.39 Å². The van der Waals surface area contributed by atoms with Gasteiger partial charge in [0.1, 0.15) is 5.82 Å². The van der Waals surface area contributed by atoms with Crippen molar-refractivity contribution < 1.29 is 14.0 Å². The molecule has 23 heavy (non-hydrogen) atoms. The molecular weight excluding hydrogens is 295 g/mol. The SMILES string of the molecule is O=C(NC1CCN(C(=O)Cc2ccccc2F)CC1)C1CCC1. The third-order valence-corrected chi connectivity index (χ3v) is 4.97. The molecule has 1 saturated carbocycles. The summed E-state index contributed by atoms with van der Waals surface area (Å²) in [5, 5.41) is 3.10. The molecule has 1 aromatic carbocycles. The van der Waals surface area contributed by atoms with Gasteiger partial charge < -0.3 is 10.2 Å². The van der Waals surface area contributed by atoms with Crippen molar-refractivity contribution in [2.45, 2.75) is 44.6 Å². The molecule has 1 saturated heterocycles. The number of piperidine rings is 1. The van der Waals surface area contributed by atoms with Crippen LogP contribution in [0.15, 0.2) is 24.3 Å². The average Bonchev–Trinajstić information content (AvgIpc) is 2.48. The molecule has 2 amide bonds. The fraction of sp³-hybridized carbons (Fsp3) is 0.556. The highest BCUT2D eigenvalue weighted by Gasteiger charge is 2.29. The lowest BCUT2D eigenvalue weighted by molar-refractivity contribution is -0.132. The second-order valence-corrected chi connectivity index (χ2v) is 6.56. The Morgan fingerprint density at radius 1 is 1.13 bits per heavy atom. The van der Waals surface area contributed by atoms with Crippen LogP contribution in [-0.4, -0.2) is 35.8 Å². The van der Waals surface area contributed by atoms with E-state index in [9.17, 15) is 14.0 Å². The van der Waals surface area contributed by atoms with Crippen LogP contribution in [0.2, 0.25) is 0 Å². The first-order valence-electron chi connectivity index (χ1n) is 8.45. The van der Waals surface area contributed by atoms with Crippen LogP contribution in [0.25, 0.3) is 0 Å². The van der Waals surface area contributed by atoms with Gasteiger partial charge in [0.15, 0.2) is 0 Å². The molecule has 0 bridgehead atoms. The molecule has 0 spiro atoms. The van der Waals surface area contributed by atoms with Crippen LogP contribution >= 0.6 is 0 Å². The van der Waals surface area contributed by atoms with E-state index in [0.29, 0.717) is 18.7 Å². The van der Waals surface area contributed by atoms with Crippen LogP contribution in [0.3, 0.4) is 0 Å². The van der Waals surface area contributed by atoms with Gasteiger partial charge in [0.25, 0.3) is 0 Å². The van der Waals surface area contributed by atoms with E-state index < -0.39 is 0 Å². The first-order chi connectivity index (χ1) is 11.1. The number of rotatable bonds is 4. The van der Waals surface area contributed by atoms with Crippen molar-refractivity contribution in [1.29, 1.82) is 0 Å². The summed E-state index contributed by atoms with van der Waals surface area (Å²) in [6.45, 7) is 1.26. The molecule has 0 radical (unpaired) electrons. The van der Waals surface area contributed by atoms with Gasteiger partial charge in [-0.3, -0.25) is 9.59 Å². The van der Waals surface area contributed by atoms with Crippen LogP contribution in [0, 0.1) is 11.7 Å². The van der Waals surface area contributed by atoms with Gasteiger partial charge >= 0.3 is 0 Å². The fourth-order valence-corrected chi connectivity index (χ4v) is 3.18. The molecule has 1 heterocycles. The number of carbonyl (C=O) groups is 2. The van der Waals surface area contributed by atoms with E-state index in [1.165, 1.54) is 6.07 Å². The zero-order valence-electron chi connectivity index (χ0n) is 13.3. The van der Waals surface area contributed by atoms with Gasteiger partial charge in [0.2, 0.25) is 11.8 Å². The highest BCUT2D eigenvalue weighted by atomic mass is 19.1. The Kier molecular flexibility index (Phi) is 4.94. The first-order valence-corrected chi connectivity index (χ1v) is 8.45. The Hall–Kier alpha value is -1.91. The Labute approximate surface area is 136 Å². The van der Waals surface area contributed by atoms with E-state index >= 15 is 0 Å². The molecule has 1 aliphatic heterocycles. The van der Waals surface area contributed by atoms with E-state index in [1.807, 2.05) is 0 Å². The lowest BCUT2D eigenvalue weighted by atomic mass is 9.84. The second kappa shape index (κ2) is 7.11. The predicted octanol–water partition coefficient (Wildman–Crippen LogP) is 2.28. The Balaban J connectivity index is 1.45. The molecule has 1 aromatic rings. The summed E-state index contributed by atoms with van der Waals surface area (Å²) in [6.07, 6.45) is 4.83. The van der Waals surface area contributed by atoms with Crippen molar-refractivity contribution in [3.63, 3.8) is 0 Å². The van der Waals surface area contributed by atoms with E-state index in [2.05, 4.69) is 5.32 Å². The number of amides is 2. The Morgan fingerprint density at radius 3 is 2.43 bits per heavy atom. The standard InChI is InChI=1S/C18H23FN2O2/c19-16-7-2-1-4-14(16)12-17(22)21-10-8-15(9-11-21)20-18(23)13-5-3-6-13/h1-2,4,7,13,15H,3,5-6,8-12H2,(H,20,23). The van der Waals surface area contributed by atoms with Crippen molar-refractivity contribution >= 4 is 11.8 Å². The fourth-order valence-electron chi connectivity index (χ4n) is 3.18. The van der Waals surface area contributed by atoms with Crippen LogP contribution in [-0.2, 0) is 16.0 Å². The number of halogens is 1. The molecule has 124 valence electrons. The summed E-state index contributed by atoms with van der Waals surface area (Å²) < 4.78 is 13.6. The van der Waals surface area contributed by atoms with E-state index in [4.69, 9.17) is 0 Å². The van der Waals surface area contributed by atoms with Gasteiger partial charge in [-0.05, 0) is 37.3 Å². The summed E-state index contributed by atoms with van der Waals surface area (Å²) in [5.74, 6) is 0.00506. The maximum atomic E-state index is 13.6. The van der Waals surface area contributed by atoms with Crippen molar-refractivity contribution in [1.82, 2.24) is 10.2 Å². The van der Waals surface area contributed by atoms with Crippen LogP contribution in [0.1, 0.15) is 37.7 Å². The average molecular weight is 318 g/mol. The van der Waals surface area contributed by atoms with Gasteiger partial charge in [-0.1, -0.05) is 24.6 Å². The third-order valence-electron chi connectivity index (χ3n) is 4.97. The molecule has 1 N–H and O–H groups in total. The Bertz CT molecular complexity index is 578. The van der Waals surface area contributed by atoms with Gasteiger partial charge in [-0.25, -0.2) is 4.39 Å². The summed E-state index contributed by atoms with van der Waals surface area (Å²) >= 11 is 0. The van der Waals surface area contributed by atoms with Crippen LogP contribution < -0.4 is 5.32 Å². The third kappa shape index (κ3) is 3.89. The smallest absolute Gasteiger partial charge is 0.227 e. The monoisotopic (exact) mass is 318 g/mol. The quantitative estimate of drug-likeness (QED) is 0.926. The molecule has 1 aliphatic carbocycles. The van der Waals surface area contributed by atoms with Crippen molar-refractivity contribution in [2.24, 2.45) is 5.92 Å². The molecule has 3 rings (SSSR count). The number of likely N-dealkylation sites (tertiary alicyclic amines) is 1. The maximum absolute atomic E-state index is 13.6. The maximum Gasteiger partial charge on any atom is 0.227 e. The minimum absolute atomic E-state index is 0.0427. The summed E-state index contributed by atoms with van der Waals surface area (Å²) in [4.78, 5) is 26.0. The molecular formula is C18H23FN2O2. The summed E-state index contributed by atoms with van der Waals surface area (Å²) in [7, 11) is 0. The molecule has 0 atom stereocenters. The van der Waals surface area contributed by atoms with Gasteiger partial charge in [0, 0.05) is 25.0 Å². The van der Waals surface area contributed by atoms with Crippen molar-refractivity contribution in [3.05, 3.63) is 35.6 Å². The van der Waals surface area contributed by atoms with E-state index in [0.717, 1.165) is 32.1 Å². The molecule has 0 aromatic heterocycles. The van der Waals surface area contributed by atoms with E-state index in [-0.39, 0.29) is 36.0 Å². The number of nitrogens with one attached hydrogen (secondary N) is 1. The first kappa shape index (κ1) is 16.0. The summed E-state index contributed by atoms with van der Waals surface area (Å²) in [6, 6.07) is 6.57. The van der Waals surface area contributed by atoms with Crippen LogP contribution in [0.5, 0.6) is 0 Å². The van der Waals surface area contributed by atoms with Gasteiger partial charge in [0.05, 0.1) is 6.42 Å². The highest BCUT2D eigenvalue weighted by molar-refractivity contribution is 5.80. The second-order valence-electron chi connectivity index (χ2n) is 6.56. The van der Waals surface area contributed by atoms with Crippen molar-refractivity contribution in [3.8, 4) is 0 Å².